The highest BCUT2D eigenvalue weighted by Crippen LogP contribution is 2.39. The van der Waals surface area contributed by atoms with Gasteiger partial charge in [-0.2, -0.15) is 5.26 Å². The van der Waals surface area contributed by atoms with Gasteiger partial charge in [0.05, 0.1) is 18.3 Å². The molecule has 3 unspecified atom stereocenters. The number of amides is 1. The van der Waals surface area contributed by atoms with Gasteiger partial charge in [-0.15, -0.1) is 11.3 Å². The van der Waals surface area contributed by atoms with Crippen molar-refractivity contribution in [3.05, 3.63) is 16.0 Å². The molecular formula is C19H26N2O3S. The number of nitrogens with zero attached hydrogens (tertiary/aromatic N) is 1. The van der Waals surface area contributed by atoms with Crippen molar-refractivity contribution in [2.24, 2.45) is 5.92 Å². The van der Waals surface area contributed by atoms with Crippen LogP contribution in [0, 0.1) is 17.2 Å². The summed E-state index contributed by atoms with van der Waals surface area (Å²) in [6, 6.07) is 2.28. The number of ether oxygens (including phenoxy) is 2. The molecule has 1 aliphatic heterocycles. The molecule has 0 saturated carbocycles. The SMILES string of the molecule is CC1CCc2c(sc(NC(=O)C(C)OCC3CCCCO3)c2C#N)C1. The van der Waals surface area contributed by atoms with Crippen LogP contribution >= 0.6 is 11.3 Å². The van der Waals surface area contributed by atoms with Crippen molar-refractivity contribution in [1.82, 2.24) is 0 Å². The fourth-order valence-electron chi connectivity index (χ4n) is 3.44. The minimum Gasteiger partial charge on any atom is -0.376 e. The number of fused-ring (bicyclic) bond motifs is 1. The number of thiophene rings is 1. The van der Waals surface area contributed by atoms with Crippen LogP contribution in [0.2, 0.25) is 0 Å². The second-order valence-electron chi connectivity index (χ2n) is 7.12. The maximum absolute atomic E-state index is 12.5. The van der Waals surface area contributed by atoms with Gasteiger partial charge in [0.2, 0.25) is 0 Å². The number of carbonyl (C=O) groups excluding carboxylic acids is 1. The molecule has 3 rings (SSSR count). The molecule has 0 spiro atoms. The maximum atomic E-state index is 12.5. The van der Waals surface area contributed by atoms with Crippen molar-refractivity contribution < 1.29 is 14.3 Å². The van der Waals surface area contributed by atoms with Crippen LogP contribution in [0.15, 0.2) is 0 Å². The van der Waals surface area contributed by atoms with E-state index in [9.17, 15) is 10.1 Å². The number of rotatable bonds is 5. The van der Waals surface area contributed by atoms with E-state index in [4.69, 9.17) is 9.47 Å². The first-order valence-corrected chi connectivity index (χ1v) is 9.98. The molecule has 5 nitrogen and oxygen atoms in total. The van der Waals surface area contributed by atoms with Crippen LogP contribution in [-0.4, -0.2) is 31.3 Å². The van der Waals surface area contributed by atoms with E-state index in [1.807, 2.05) is 0 Å². The Bertz CT molecular complexity index is 658. The predicted octanol–water partition coefficient (Wildman–Crippen LogP) is 3.66. The third kappa shape index (κ3) is 4.41. The summed E-state index contributed by atoms with van der Waals surface area (Å²) in [4.78, 5) is 13.7. The van der Waals surface area contributed by atoms with Crippen molar-refractivity contribution in [2.75, 3.05) is 18.5 Å². The Hall–Kier alpha value is -1.42. The lowest BCUT2D eigenvalue weighted by atomic mass is 9.88. The van der Waals surface area contributed by atoms with E-state index < -0.39 is 6.10 Å². The first kappa shape index (κ1) is 18.4. The van der Waals surface area contributed by atoms with E-state index >= 15 is 0 Å². The van der Waals surface area contributed by atoms with Gasteiger partial charge in [-0.1, -0.05) is 6.92 Å². The molecule has 2 heterocycles. The molecule has 1 saturated heterocycles. The quantitative estimate of drug-likeness (QED) is 0.868. The van der Waals surface area contributed by atoms with Crippen LogP contribution in [0.5, 0.6) is 0 Å². The second-order valence-corrected chi connectivity index (χ2v) is 8.23. The molecule has 1 amide bonds. The number of nitrogens with one attached hydrogen (secondary N) is 1. The summed E-state index contributed by atoms with van der Waals surface area (Å²) in [5.41, 5.74) is 1.77. The zero-order chi connectivity index (χ0) is 17.8. The van der Waals surface area contributed by atoms with E-state index in [-0.39, 0.29) is 12.0 Å². The molecule has 1 fully saturated rings. The Morgan fingerprint density at radius 1 is 1.48 bits per heavy atom. The lowest BCUT2D eigenvalue weighted by Gasteiger charge is -2.23. The monoisotopic (exact) mass is 362 g/mol. The Morgan fingerprint density at radius 3 is 3.04 bits per heavy atom. The van der Waals surface area contributed by atoms with Crippen molar-refractivity contribution >= 4 is 22.2 Å². The number of anilines is 1. The third-order valence-electron chi connectivity index (χ3n) is 5.04. The van der Waals surface area contributed by atoms with Gasteiger partial charge < -0.3 is 14.8 Å². The fraction of sp³-hybridized carbons (Fsp3) is 0.684. The zero-order valence-electron chi connectivity index (χ0n) is 15.0. The molecule has 6 heteroatoms. The average Bonchev–Trinajstić information content (AvgIpc) is 2.96. The van der Waals surface area contributed by atoms with Crippen LogP contribution in [0.25, 0.3) is 0 Å². The Balaban J connectivity index is 1.59. The van der Waals surface area contributed by atoms with Gasteiger partial charge in [0.25, 0.3) is 5.91 Å². The number of hydrogen-bond donors (Lipinski definition) is 1. The summed E-state index contributed by atoms with van der Waals surface area (Å²) >= 11 is 1.55. The summed E-state index contributed by atoms with van der Waals surface area (Å²) < 4.78 is 11.3. The van der Waals surface area contributed by atoms with E-state index in [0.717, 1.165) is 50.7 Å². The van der Waals surface area contributed by atoms with Crippen LogP contribution < -0.4 is 5.32 Å². The standard InChI is InChI=1S/C19H26N2O3S/c1-12-6-7-15-16(10-20)19(25-17(15)9-12)21-18(22)13(2)24-11-14-5-3-4-8-23-14/h12-14H,3-9,11H2,1-2H3,(H,21,22). The molecule has 1 aliphatic carbocycles. The molecular weight excluding hydrogens is 336 g/mol. The molecule has 3 atom stereocenters. The first-order valence-electron chi connectivity index (χ1n) is 9.17. The van der Waals surface area contributed by atoms with Crippen molar-refractivity contribution in [2.45, 2.75) is 64.6 Å². The molecule has 2 aliphatic rings. The summed E-state index contributed by atoms with van der Waals surface area (Å²) in [6.07, 6.45) is 5.80. The van der Waals surface area contributed by atoms with E-state index in [2.05, 4.69) is 18.3 Å². The number of carbonyl (C=O) groups is 1. The Labute approximate surface area is 153 Å². The minimum atomic E-state index is -0.560. The number of hydrogen-bond acceptors (Lipinski definition) is 5. The van der Waals surface area contributed by atoms with E-state index in [0.29, 0.717) is 23.1 Å². The minimum absolute atomic E-state index is 0.0919. The van der Waals surface area contributed by atoms with E-state index in [1.54, 1.807) is 18.3 Å². The van der Waals surface area contributed by atoms with Crippen molar-refractivity contribution in [3.8, 4) is 6.07 Å². The highest BCUT2D eigenvalue weighted by Gasteiger charge is 2.26. The lowest BCUT2D eigenvalue weighted by molar-refractivity contribution is -0.130. The van der Waals surface area contributed by atoms with Crippen molar-refractivity contribution in [3.63, 3.8) is 0 Å². The molecule has 25 heavy (non-hydrogen) atoms. The smallest absolute Gasteiger partial charge is 0.253 e. The lowest BCUT2D eigenvalue weighted by Crippen LogP contribution is -2.32. The topological polar surface area (TPSA) is 71.3 Å². The summed E-state index contributed by atoms with van der Waals surface area (Å²) in [5.74, 6) is 0.443. The van der Waals surface area contributed by atoms with Crippen molar-refractivity contribution in [1.29, 1.82) is 5.26 Å². The third-order valence-corrected chi connectivity index (χ3v) is 6.21. The summed E-state index contributed by atoms with van der Waals surface area (Å²) in [5, 5.41) is 13.1. The van der Waals surface area contributed by atoms with Crippen LogP contribution in [0.3, 0.4) is 0 Å². The molecule has 0 bridgehead atoms. The van der Waals surface area contributed by atoms with Gasteiger partial charge in [0, 0.05) is 11.5 Å². The van der Waals surface area contributed by atoms with Gasteiger partial charge in [-0.05, 0) is 56.9 Å². The van der Waals surface area contributed by atoms with Gasteiger partial charge in [0.15, 0.2) is 0 Å². The van der Waals surface area contributed by atoms with Crippen LogP contribution in [0.1, 0.15) is 55.5 Å². The molecule has 1 N–H and O–H groups in total. The van der Waals surface area contributed by atoms with Crippen LogP contribution in [-0.2, 0) is 27.1 Å². The molecule has 1 aromatic rings. The van der Waals surface area contributed by atoms with E-state index in [1.165, 1.54) is 4.88 Å². The largest absolute Gasteiger partial charge is 0.376 e. The highest BCUT2D eigenvalue weighted by atomic mass is 32.1. The molecule has 0 radical (unpaired) electrons. The Morgan fingerprint density at radius 2 is 2.32 bits per heavy atom. The van der Waals surface area contributed by atoms with Gasteiger partial charge in [0.1, 0.15) is 17.2 Å². The molecule has 1 aromatic heterocycles. The zero-order valence-corrected chi connectivity index (χ0v) is 15.8. The Kier molecular flexibility index (Phi) is 6.10. The number of nitriles is 1. The van der Waals surface area contributed by atoms with Gasteiger partial charge in [-0.3, -0.25) is 4.79 Å². The second kappa shape index (κ2) is 8.31. The molecule has 136 valence electrons. The van der Waals surface area contributed by atoms with Gasteiger partial charge in [-0.25, -0.2) is 0 Å². The predicted molar refractivity (Wildman–Crippen MR) is 97.9 cm³/mol. The summed E-state index contributed by atoms with van der Waals surface area (Å²) in [6.45, 7) is 5.20. The van der Waals surface area contributed by atoms with Gasteiger partial charge >= 0.3 is 0 Å². The highest BCUT2D eigenvalue weighted by molar-refractivity contribution is 7.16. The molecule has 0 aromatic carbocycles. The first-order chi connectivity index (χ1) is 12.1. The average molecular weight is 362 g/mol. The maximum Gasteiger partial charge on any atom is 0.253 e. The fourth-order valence-corrected chi connectivity index (χ4v) is 4.80. The normalized spacial score (nSPS) is 24.2. The van der Waals surface area contributed by atoms with Crippen LogP contribution in [0.4, 0.5) is 5.00 Å². The summed E-state index contributed by atoms with van der Waals surface area (Å²) in [7, 11) is 0.